The summed E-state index contributed by atoms with van der Waals surface area (Å²) in [5.41, 5.74) is 6.42. The molecule has 2 rings (SSSR count). The standard InChI is InChI=1S/C11H12ClN3O/c1-15(7-8-3-2-6-16-8)11-9(13)4-5-10(12)14-11/h2-6H,7,13H2,1H3. The number of nitrogens with zero attached hydrogens (tertiary/aromatic N) is 2. The van der Waals surface area contributed by atoms with Gasteiger partial charge in [0, 0.05) is 7.05 Å². The van der Waals surface area contributed by atoms with E-state index in [2.05, 4.69) is 4.98 Å². The van der Waals surface area contributed by atoms with Gasteiger partial charge in [-0.25, -0.2) is 4.98 Å². The molecule has 84 valence electrons. The van der Waals surface area contributed by atoms with Gasteiger partial charge in [0.15, 0.2) is 5.82 Å². The Labute approximate surface area is 98.6 Å². The van der Waals surface area contributed by atoms with Gasteiger partial charge in [0.1, 0.15) is 10.9 Å². The highest BCUT2D eigenvalue weighted by Crippen LogP contribution is 2.23. The number of hydrogen-bond acceptors (Lipinski definition) is 4. The van der Waals surface area contributed by atoms with Crippen molar-refractivity contribution in [3.63, 3.8) is 0 Å². The van der Waals surface area contributed by atoms with Crippen molar-refractivity contribution in [1.29, 1.82) is 0 Å². The maximum absolute atomic E-state index is 5.83. The van der Waals surface area contributed by atoms with Gasteiger partial charge in [-0.2, -0.15) is 0 Å². The zero-order valence-corrected chi connectivity index (χ0v) is 9.61. The van der Waals surface area contributed by atoms with Crippen molar-refractivity contribution >= 4 is 23.1 Å². The predicted molar refractivity (Wildman–Crippen MR) is 64.5 cm³/mol. The number of aromatic nitrogens is 1. The van der Waals surface area contributed by atoms with E-state index in [9.17, 15) is 0 Å². The molecule has 16 heavy (non-hydrogen) atoms. The van der Waals surface area contributed by atoms with Crippen LogP contribution in [0.3, 0.4) is 0 Å². The largest absolute Gasteiger partial charge is 0.467 e. The van der Waals surface area contributed by atoms with Gasteiger partial charge in [0.25, 0.3) is 0 Å². The summed E-state index contributed by atoms with van der Waals surface area (Å²) in [6.45, 7) is 0.602. The van der Waals surface area contributed by atoms with Crippen LogP contribution in [0.5, 0.6) is 0 Å². The molecule has 0 aliphatic heterocycles. The summed E-state index contributed by atoms with van der Waals surface area (Å²) < 4.78 is 5.25. The first-order chi connectivity index (χ1) is 7.66. The maximum Gasteiger partial charge on any atom is 0.153 e. The number of anilines is 2. The number of halogens is 1. The highest BCUT2D eigenvalue weighted by atomic mass is 35.5. The summed E-state index contributed by atoms with van der Waals surface area (Å²) in [4.78, 5) is 6.07. The summed E-state index contributed by atoms with van der Waals surface area (Å²) in [7, 11) is 1.89. The Kier molecular flexibility index (Phi) is 3.01. The number of furan rings is 1. The number of nitrogens with two attached hydrogens (primary N) is 1. The second-order valence-corrected chi connectivity index (χ2v) is 3.87. The molecule has 0 saturated heterocycles. The molecule has 0 fully saturated rings. The third-order valence-corrected chi connectivity index (χ3v) is 2.42. The van der Waals surface area contributed by atoms with Crippen molar-refractivity contribution < 1.29 is 4.42 Å². The molecule has 0 spiro atoms. The van der Waals surface area contributed by atoms with Crippen molar-refractivity contribution in [3.05, 3.63) is 41.4 Å². The summed E-state index contributed by atoms with van der Waals surface area (Å²) in [5.74, 6) is 1.51. The molecule has 0 atom stereocenters. The zero-order chi connectivity index (χ0) is 11.5. The van der Waals surface area contributed by atoms with E-state index in [1.807, 2.05) is 24.1 Å². The molecular formula is C11H12ClN3O. The smallest absolute Gasteiger partial charge is 0.153 e. The Morgan fingerprint density at radius 1 is 1.44 bits per heavy atom. The van der Waals surface area contributed by atoms with Crippen molar-refractivity contribution in [3.8, 4) is 0 Å². The second-order valence-electron chi connectivity index (χ2n) is 3.48. The summed E-state index contributed by atoms with van der Waals surface area (Å²) in [6, 6.07) is 7.15. The minimum Gasteiger partial charge on any atom is -0.467 e. The normalized spacial score (nSPS) is 10.4. The first-order valence-electron chi connectivity index (χ1n) is 4.82. The van der Waals surface area contributed by atoms with Crippen LogP contribution in [0, 0.1) is 0 Å². The highest BCUT2D eigenvalue weighted by Gasteiger charge is 2.09. The fourth-order valence-corrected chi connectivity index (χ4v) is 1.60. The summed E-state index contributed by atoms with van der Waals surface area (Å²) in [5, 5.41) is 0.426. The highest BCUT2D eigenvalue weighted by molar-refractivity contribution is 6.29. The fourth-order valence-electron chi connectivity index (χ4n) is 1.45. The second kappa shape index (κ2) is 4.45. The Balaban J connectivity index is 2.20. The minimum absolute atomic E-state index is 0.426. The third-order valence-electron chi connectivity index (χ3n) is 2.21. The molecule has 0 amide bonds. The van der Waals surface area contributed by atoms with E-state index >= 15 is 0 Å². The van der Waals surface area contributed by atoms with Crippen molar-refractivity contribution in [1.82, 2.24) is 4.98 Å². The molecule has 2 aromatic rings. The van der Waals surface area contributed by atoms with E-state index in [-0.39, 0.29) is 0 Å². The topological polar surface area (TPSA) is 55.3 Å². The number of hydrogen-bond donors (Lipinski definition) is 1. The average molecular weight is 238 g/mol. The monoisotopic (exact) mass is 237 g/mol. The SMILES string of the molecule is CN(Cc1ccco1)c1nc(Cl)ccc1N. The molecule has 0 saturated carbocycles. The molecule has 5 heteroatoms. The molecule has 0 aromatic carbocycles. The van der Waals surface area contributed by atoms with Crippen LogP contribution in [-0.4, -0.2) is 12.0 Å². The van der Waals surface area contributed by atoms with Crippen LogP contribution in [0.15, 0.2) is 34.9 Å². The van der Waals surface area contributed by atoms with Gasteiger partial charge in [0.05, 0.1) is 18.5 Å². The van der Waals surface area contributed by atoms with E-state index in [0.29, 0.717) is 23.2 Å². The summed E-state index contributed by atoms with van der Waals surface area (Å²) in [6.07, 6.45) is 1.64. The first kappa shape index (κ1) is 10.8. The van der Waals surface area contributed by atoms with Gasteiger partial charge < -0.3 is 15.1 Å². The summed E-state index contributed by atoms with van der Waals surface area (Å²) >= 11 is 5.83. The zero-order valence-electron chi connectivity index (χ0n) is 8.85. The Bertz CT molecular complexity index is 470. The minimum atomic E-state index is 0.426. The van der Waals surface area contributed by atoms with E-state index in [1.54, 1.807) is 18.4 Å². The lowest BCUT2D eigenvalue weighted by atomic mass is 10.3. The lowest BCUT2D eigenvalue weighted by Gasteiger charge is -2.18. The van der Waals surface area contributed by atoms with Crippen LogP contribution < -0.4 is 10.6 Å². The number of nitrogen functional groups attached to an aromatic ring is 1. The first-order valence-corrected chi connectivity index (χ1v) is 5.20. The molecule has 0 aliphatic carbocycles. The van der Waals surface area contributed by atoms with E-state index in [4.69, 9.17) is 21.8 Å². The Morgan fingerprint density at radius 2 is 2.25 bits per heavy atom. The van der Waals surface area contributed by atoms with Crippen LogP contribution >= 0.6 is 11.6 Å². The molecular weight excluding hydrogens is 226 g/mol. The maximum atomic E-state index is 5.83. The number of rotatable bonds is 3. The van der Waals surface area contributed by atoms with E-state index < -0.39 is 0 Å². The van der Waals surface area contributed by atoms with Crippen LogP contribution in [-0.2, 0) is 6.54 Å². The van der Waals surface area contributed by atoms with E-state index in [1.165, 1.54) is 0 Å². The van der Waals surface area contributed by atoms with Crippen molar-refractivity contribution in [2.24, 2.45) is 0 Å². The van der Waals surface area contributed by atoms with Gasteiger partial charge >= 0.3 is 0 Å². The van der Waals surface area contributed by atoms with E-state index in [0.717, 1.165) is 5.76 Å². The average Bonchev–Trinajstić information content (AvgIpc) is 2.74. The molecule has 0 bridgehead atoms. The molecule has 0 aliphatic rings. The quantitative estimate of drug-likeness (QED) is 0.834. The molecule has 2 heterocycles. The fraction of sp³-hybridized carbons (Fsp3) is 0.182. The van der Waals surface area contributed by atoms with Crippen LogP contribution in [0.2, 0.25) is 5.15 Å². The number of pyridine rings is 1. The van der Waals surface area contributed by atoms with Gasteiger partial charge in [0.2, 0.25) is 0 Å². The van der Waals surface area contributed by atoms with Gasteiger partial charge in [-0.05, 0) is 24.3 Å². The van der Waals surface area contributed by atoms with Crippen LogP contribution in [0.25, 0.3) is 0 Å². The molecule has 0 unspecified atom stereocenters. The van der Waals surface area contributed by atoms with Crippen molar-refractivity contribution in [2.75, 3.05) is 17.7 Å². The van der Waals surface area contributed by atoms with Gasteiger partial charge in [-0.1, -0.05) is 11.6 Å². The molecule has 4 nitrogen and oxygen atoms in total. The lowest BCUT2D eigenvalue weighted by molar-refractivity contribution is 0.507. The van der Waals surface area contributed by atoms with Crippen LogP contribution in [0.4, 0.5) is 11.5 Å². The third kappa shape index (κ3) is 2.28. The van der Waals surface area contributed by atoms with Gasteiger partial charge in [-0.15, -0.1) is 0 Å². The van der Waals surface area contributed by atoms with Gasteiger partial charge in [-0.3, -0.25) is 0 Å². The predicted octanol–water partition coefficient (Wildman–Crippen LogP) is 2.55. The molecule has 2 aromatic heterocycles. The van der Waals surface area contributed by atoms with Crippen molar-refractivity contribution in [2.45, 2.75) is 6.54 Å². The lowest BCUT2D eigenvalue weighted by Crippen LogP contribution is -2.18. The Hall–Kier alpha value is -1.68. The Morgan fingerprint density at radius 3 is 2.94 bits per heavy atom. The van der Waals surface area contributed by atoms with Crippen LogP contribution in [0.1, 0.15) is 5.76 Å². The molecule has 0 radical (unpaired) electrons. The molecule has 2 N–H and O–H groups in total.